The van der Waals surface area contributed by atoms with Gasteiger partial charge in [-0.05, 0) is 49.4 Å². The van der Waals surface area contributed by atoms with Gasteiger partial charge in [0.15, 0.2) is 0 Å². The van der Waals surface area contributed by atoms with E-state index in [0.717, 1.165) is 44.8 Å². The van der Waals surface area contributed by atoms with Gasteiger partial charge in [-0.15, -0.1) is 11.8 Å². The maximum Gasteiger partial charge on any atom is 0.240 e. The van der Waals surface area contributed by atoms with E-state index in [1.807, 2.05) is 35.0 Å². The summed E-state index contributed by atoms with van der Waals surface area (Å²) in [5, 5.41) is 8.08. The summed E-state index contributed by atoms with van der Waals surface area (Å²) < 4.78 is 1.89. The molecule has 1 N–H and O–H groups in total. The van der Waals surface area contributed by atoms with Crippen molar-refractivity contribution in [3.05, 3.63) is 101 Å². The number of carbonyl (C=O) groups is 2. The molecule has 0 bridgehead atoms. The minimum absolute atomic E-state index is 0.0650. The zero-order valence-corrected chi connectivity index (χ0v) is 24.6. The van der Waals surface area contributed by atoms with Crippen LogP contribution < -0.4 is 10.2 Å². The van der Waals surface area contributed by atoms with Gasteiger partial charge in [0.2, 0.25) is 11.8 Å². The Morgan fingerprint density at radius 2 is 1.77 bits per heavy atom. The van der Waals surface area contributed by atoms with Crippen molar-refractivity contribution in [3.63, 3.8) is 0 Å². The molecule has 0 fully saturated rings. The first-order valence-electron chi connectivity index (χ1n) is 13.7. The molecule has 7 heteroatoms. The highest BCUT2D eigenvalue weighted by Gasteiger charge is 2.38. The van der Waals surface area contributed by atoms with E-state index >= 15 is 0 Å². The number of anilines is 1. The topological polar surface area (TPSA) is 67.2 Å². The number of hydrogen-bond donors (Lipinski definition) is 1. The van der Waals surface area contributed by atoms with Crippen LogP contribution in [0.1, 0.15) is 46.9 Å². The molecule has 6 nitrogen and oxygen atoms in total. The van der Waals surface area contributed by atoms with Crippen molar-refractivity contribution in [3.8, 4) is 16.9 Å². The summed E-state index contributed by atoms with van der Waals surface area (Å²) in [6.45, 7) is 10.8. The normalized spacial score (nSPS) is 15.2. The zero-order chi connectivity index (χ0) is 28.4. The number of fused-ring (bicyclic) bond motifs is 1. The van der Waals surface area contributed by atoms with Gasteiger partial charge in [-0.1, -0.05) is 86.1 Å². The number of rotatable bonds is 7. The Kier molecular flexibility index (Phi) is 8.12. The number of amides is 2. The number of carbonyl (C=O) groups excluding carboxylic acids is 2. The highest BCUT2D eigenvalue weighted by atomic mass is 32.2. The van der Waals surface area contributed by atoms with E-state index in [-0.39, 0.29) is 29.4 Å². The van der Waals surface area contributed by atoms with Crippen molar-refractivity contribution in [1.29, 1.82) is 0 Å². The number of thioether (sulfide) groups is 1. The van der Waals surface area contributed by atoms with E-state index in [1.165, 1.54) is 0 Å². The minimum atomic E-state index is -0.179. The maximum absolute atomic E-state index is 13.9. The van der Waals surface area contributed by atoms with Crippen molar-refractivity contribution >= 4 is 29.4 Å². The van der Waals surface area contributed by atoms with E-state index < -0.39 is 0 Å². The third-order valence-electron chi connectivity index (χ3n) is 7.29. The van der Waals surface area contributed by atoms with Crippen LogP contribution in [-0.2, 0) is 9.59 Å². The predicted molar refractivity (Wildman–Crippen MR) is 164 cm³/mol. The molecule has 1 aliphatic heterocycles. The highest BCUT2D eigenvalue weighted by Crippen LogP contribution is 2.48. The fourth-order valence-corrected chi connectivity index (χ4v) is 6.26. The molecule has 40 heavy (non-hydrogen) atoms. The van der Waals surface area contributed by atoms with Crippen LogP contribution >= 0.6 is 11.8 Å². The van der Waals surface area contributed by atoms with Crippen molar-refractivity contribution < 1.29 is 9.59 Å². The molecule has 0 radical (unpaired) electrons. The number of benzene rings is 3. The zero-order valence-electron chi connectivity index (χ0n) is 23.8. The lowest BCUT2D eigenvalue weighted by atomic mass is 9.98. The monoisotopic (exact) mass is 552 g/mol. The van der Waals surface area contributed by atoms with Gasteiger partial charge in [0.05, 0.1) is 22.4 Å². The molecular weight excluding hydrogens is 516 g/mol. The summed E-state index contributed by atoms with van der Waals surface area (Å²) in [6.07, 6.45) is 0. The molecule has 0 saturated heterocycles. The van der Waals surface area contributed by atoms with Crippen LogP contribution in [0.15, 0.2) is 72.8 Å². The van der Waals surface area contributed by atoms with Crippen LogP contribution in [0.4, 0.5) is 5.82 Å². The van der Waals surface area contributed by atoms with Gasteiger partial charge in [0.25, 0.3) is 0 Å². The first-order valence-corrected chi connectivity index (χ1v) is 14.8. The molecule has 1 aliphatic rings. The average Bonchev–Trinajstić information content (AvgIpc) is 3.25. The number of aromatic nitrogens is 2. The molecule has 5 rings (SSSR count). The fourth-order valence-electron chi connectivity index (χ4n) is 5.08. The molecule has 0 aliphatic carbocycles. The van der Waals surface area contributed by atoms with Gasteiger partial charge in [-0.25, -0.2) is 4.68 Å². The van der Waals surface area contributed by atoms with Gasteiger partial charge in [0, 0.05) is 17.7 Å². The van der Waals surface area contributed by atoms with E-state index in [9.17, 15) is 9.59 Å². The van der Waals surface area contributed by atoms with Crippen molar-refractivity contribution in [2.24, 2.45) is 5.92 Å². The molecule has 0 saturated carbocycles. The number of nitrogens with zero attached hydrogens (tertiary/aromatic N) is 3. The van der Waals surface area contributed by atoms with Gasteiger partial charge < -0.3 is 5.32 Å². The Morgan fingerprint density at radius 1 is 1.02 bits per heavy atom. The lowest BCUT2D eigenvalue weighted by Gasteiger charge is -2.24. The second kappa shape index (κ2) is 11.7. The first kappa shape index (κ1) is 27.7. The van der Waals surface area contributed by atoms with Crippen LogP contribution in [0.2, 0.25) is 0 Å². The summed E-state index contributed by atoms with van der Waals surface area (Å²) in [4.78, 5) is 28.7. The number of nitrogens with one attached hydrogen (secondary N) is 1. The third kappa shape index (κ3) is 5.56. The highest BCUT2D eigenvalue weighted by molar-refractivity contribution is 8.00. The van der Waals surface area contributed by atoms with E-state index in [2.05, 4.69) is 82.4 Å². The van der Waals surface area contributed by atoms with Crippen LogP contribution in [0.25, 0.3) is 16.9 Å². The smallest absolute Gasteiger partial charge is 0.240 e. The van der Waals surface area contributed by atoms with Crippen LogP contribution in [0, 0.1) is 26.7 Å². The SMILES string of the molecule is Cc1cccc([C@H]2SCC(=O)N(CC(=O)NCC(C)C)c3c2c(-c2ccccc2)nn3-c2cccc(C)c2C)c1. The summed E-state index contributed by atoms with van der Waals surface area (Å²) in [5.74, 6) is 0.944. The lowest BCUT2D eigenvalue weighted by molar-refractivity contribution is -0.123. The summed E-state index contributed by atoms with van der Waals surface area (Å²) in [6, 6.07) is 24.7. The molecular formula is C33H36N4O2S. The predicted octanol–water partition coefficient (Wildman–Crippen LogP) is 6.41. The second-order valence-electron chi connectivity index (χ2n) is 10.9. The van der Waals surface area contributed by atoms with Gasteiger partial charge in [0.1, 0.15) is 12.4 Å². The van der Waals surface area contributed by atoms with Gasteiger partial charge >= 0.3 is 0 Å². The molecule has 0 spiro atoms. The van der Waals surface area contributed by atoms with Crippen LogP contribution in [0.5, 0.6) is 0 Å². The van der Waals surface area contributed by atoms with Crippen molar-refractivity contribution in [2.75, 3.05) is 23.7 Å². The standard InChI is InChI=1S/C33H36N4O2S/c1-21(2)18-34-28(38)19-36-29(39)20-40-32(26-15-9-11-22(3)17-26)30-31(25-13-7-6-8-14-25)35-37(33(30)36)27-16-10-12-23(4)24(27)5/h6-17,21,32H,18-20H2,1-5H3,(H,34,38)/t32-/m1/s1. The first-order chi connectivity index (χ1) is 19.2. The molecule has 206 valence electrons. The van der Waals surface area contributed by atoms with Crippen molar-refractivity contribution in [1.82, 2.24) is 15.1 Å². The minimum Gasteiger partial charge on any atom is -0.354 e. The Bertz CT molecular complexity index is 1540. The Morgan fingerprint density at radius 3 is 2.50 bits per heavy atom. The summed E-state index contributed by atoms with van der Waals surface area (Å²) >= 11 is 1.59. The molecule has 2 amide bonds. The average molecular weight is 553 g/mol. The van der Waals surface area contributed by atoms with E-state index in [4.69, 9.17) is 5.10 Å². The Labute approximate surface area is 240 Å². The van der Waals surface area contributed by atoms with E-state index in [0.29, 0.717) is 18.3 Å². The summed E-state index contributed by atoms with van der Waals surface area (Å²) in [7, 11) is 0. The molecule has 1 aromatic heterocycles. The fraction of sp³-hybridized carbons (Fsp3) is 0.303. The van der Waals surface area contributed by atoms with Gasteiger partial charge in [-0.3, -0.25) is 14.5 Å². The Hall–Kier alpha value is -3.84. The number of aryl methyl sites for hydroxylation is 2. The summed E-state index contributed by atoms with van der Waals surface area (Å²) in [5.41, 5.74) is 8.12. The third-order valence-corrected chi connectivity index (χ3v) is 8.55. The molecule has 4 aromatic rings. The van der Waals surface area contributed by atoms with E-state index in [1.54, 1.807) is 16.7 Å². The largest absolute Gasteiger partial charge is 0.354 e. The van der Waals surface area contributed by atoms with Crippen molar-refractivity contribution in [2.45, 2.75) is 39.9 Å². The van der Waals surface area contributed by atoms with Crippen LogP contribution in [0.3, 0.4) is 0 Å². The molecule has 3 aromatic carbocycles. The van der Waals surface area contributed by atoms with Crippen LogP contribution in [-0.4, -0.2) is 40.4 Å². The quantitative estimate of drug-likeness (QED) is 0.288. The maximum atomic E-state index is 13.9. The molecule has 1 atom stereocenters. The lowest BCUT2D eigenvalue weighted by Crippen LogP contribution is -2.43. The second-order valence-corrected chi connectivity index (χ2v) is 12.0. The molecule has 0 unspecified atom stereocenters. The molecule has 2 heterocycles. The van der Waals surface area contributed by atoms with Gasteiger partial charge in [-0.2, -0.15) is 5.10 Å². The number of hydrogen-bond acceptors (Lipinski definition) is 4. The Balaban J connectivity index is 1.80.